The lowest BCUT2D eigenvalue weighted by Gasteiger charge is -2.14. The number of anilines is 1. The van der Waals surface area contributed by atoms with Gasteiger partial charge in [0.15, 0.2) is 11.5 Å². The number of methoxy groups -OCH3 is 1. The van der Waals surface area contributed by atoms with E-state index in [1.165, 1.54) is 37.4 Å². The highest BCUT2D eigenvalue weighted by molar-refractivity contribution is 6.30. The summed E-state index contributed by atoms with van der Waals surface area (Å²) in [7, 11) is 1.42. The number of nitrogens with zero attached hydrogens (tertiary/aromatic N) is 2. The SMILES string of the molecule is COc1cc(C(=O)Nc2c(C)cc(C)nc2C)ccc1Oc1ccc(Cl)cc1[N+](=O)[O-]. The largest absolute Gasteiger partial charge is 0.493 e. The van der Waals surface area contributed by atoms with Crippen LogP contribution in [0.4, 0.5) is 11.4 Å². The predicted molar refractivity (Wildman–Crippen MR) is 118 cm³/mol. The summed E-state index contributed by atoms with van der Waals surface area (Å²) in [5.74, 6) is 0.113. The van der Waals surface area contributed by atoms with Crippen LogP contribution in [-0.4, -0.2) is 22.9 Å². The molecule has 3 aromatic rings. The molecule has 0 radical (unpaired) electrons. The average Bonchev–Trinajstić information content (AvgIpc) is 2.71. The Morgan fingerprint density at radius 3 is 2.42 bits per heavy atom. The Morgan fingerprint density at radius 2 is 1.77 bits per heavy atom. The molecule has 1 amide bonds. The molecule has 3 rings (SSSR count). The van der Waals surface area contributed by atoms with Crippen molar-refractivity contribution in [3.8, 4) is 17.2 Å². The first kappa shape index (κ1) is 22.0. The number of carbonyl (C=O) groups excluding carboxylic acids is 1. The smallest absolute Gasteiger partial charge is 0.313 e. The van der Waals surface area contributed by atoms with E-state index in [0.717, 1.165) is 11.3 Å². The fourth-order valence-corrected chi connectivity index (χ4v) is 3.30. The van der Waals surface area contributed by atoms with E-state index in [9.17, 15) is 14.9 Å². The Bertz CT molecular complexity index is 1160. The predicted octanol–water partition coefficient (Wildman–Crippen LogP) is 5.62. The molecule has 0 atom stereocenters. The fraction of sp³-hybridized carbons (Fsp3) is 0.182. The molecule has 0 saturated heterocycles. The Kier molecular flexibility index (Phi) is 6.41. The number of aryl methyl sites for hydroxylation is 3. The van der Waals surface area contributed by atoms with E-state index in [4.69, 9.17) is 21.1 Å². The quantitative estimate of drug-likeness (QED) is 0.393. The van der Waals surface area contributed by atoms with Crippen molar-refractivity contribution >= 4 is 28.9 Å². The van der Waals surface area contributed by atoms with E-state index in [1.54, 1.807) is 6.07 Å². The van der Waals surface area contributed by atoms with Gasteiger partial charge in [-0.1, -0.05) is 11.6 Å². The zero-order chi connectivity index (χ0) is 22.7. The van der Waals surface area contributed by atoms with Gasteiger partial charge in [-0.3, -0.25) is 19.9 Å². The van der Waals surface area contributed by atoms with Crippen molar-refractivity contribution in [1.29, 1.82) is 0 Å². The van der Waals surface area contributed by atoms with Gasteiger partial charge in [-0.25, -0.2) is 0 Å². The third kappa shape index (κ3) is 4.92. The molecule has 9 heteroatoms. The summed E-state index contributed by atoms with van der Waals surface area (Å²) in [6, 6.07) is 10.5. The van der Waals surface area contributed by atoms with Crippen molar-refractivity contribution < 1.29 is 19.2 Å². The maximum absolute atomic E-state index is 12.8. The summed E-state index contributed by atoms with van der Waals surface area (Å²) in [5, 5.41) is 14.4. The van der Waals surface area contributed by atoms with Crippen molar-refractivity contribution in [3.63, 3.8) is 0 Å². The molecule has 31 heavy (non-hydrogen) atoms. The van der Waals surface area contributed by atoms with Crippen molar-refractivity contribution in [2.45, 2.75) is 20.8 Å². The number of aromatic nitrogens is 1. The molecule has 2 aromatic carbocycles. The maximum atomic E-state index is 12.8. The summed E-state index contributed by atoms with van der Waals surface area (Å²) in [4.78, 5) is 27.9. The zero-order valence-electron chi connectivity index (χ0n) is 17.4. The third-order valence-electron chi connectivity index (χ3n) is 4.53. The summed E-state index contributed by atoms with van der Waals surface area (Å²) in [6.45, 7) is 5.61. The molecule has 1 N–H and O–H groups in total. The Balaban J connectivity index is 1.89. The van der Waals surface area contributed by atoms with Gasteiger partial charge in [0, 0.05) is 22.3 Å². The Morgan fingerprint density at radius 1 is 1.06 bits per heavy atom. The summed E-state index contributed by atoms with van der Waals surface area (Å²) in [5.41, 5.74) is 3.18. The van der Waals surface area contributed by atoms with E-state index in [1.807, 2.05) is 26.8 Å². The van der Waals surface area contributed by atoms with Crippen LogP contribution >= 0.6 is 11.6 Å². The maximum Gasteiger partial charge on any atom is 0.313 e. The van der Waals surface area contributed by atoms with Gasteiger partial charge in [-0.2, -0.15) is 0 Å². The lowest BCUT2D eigenvalue weighted by molar-refractivity contribution is -0.385. The van der Waals surface area contributed by atoms with Crippen LogP contribution in [0.2, 0.25) is 5.02 Å². The Hall–Kier alpha value is -3.65. The number of benzene rings is 2. The van der Waals surface area contributed by atoms with Crippen LogP contribution in [0.15, 0.2) is 42.5 Å². The normalized spacial score (nSPS) is 10.5. The van der Waals surface area contributed by atoms with Crippen LogP contribution in [0, 0.1) is 30.9 Å². The number of ether oxygens (including phenoxy) is 2. The summed E-state index contributed by atoms with van der Waals surface area (Å²) in [6.07, 6.45) is 0. The number of hydrogen-bond donors (Lipinski definition) is 1. The van der Waals surface area contributed by atoms with E-state index < -0.39 is 4.92 Å². The van der Waals surface area contributed by atoms with Crippen LogP contribution < -0.4 is 14.8 Å². The molecular weight excluding hydrogens is 422 g/mol. The first-order valence-electron chi connectivity index (χ1n) is 9.25. The molecule has 8 nitrogen and oxygen atoms in total. The van der Waals surface area contributed by atoms with Gasteiger partial charge in [-0.15, -0.1) is 0 Å². The highest BCUT2D eigenvalue weighted by Gasteiger charge is 2.19. The number of pyridine rings is 1. The molecule has 160 valence electrons. The molecule has 1 aromatic heterocycles. The molecule has 0 aliphatic rings. The van der Waals surface area contributed by atoms with Crippen LogP contribution in [0.1, 0.15) is 27.3 Å². The second-order valence-corrected chi connectivity index (χ2v) is 7.27. The molecule has 1 heterocycles. The van der Waals surface area contributed by atoms with E-state index in [2.05, 4.69) is 10.3 Å². The molecule has 0 bridgehead atoms. The second-order valence-electron chi connectivity index (χ2n) is 6.83. The van der Waals surface area contributed by atoms with Gasteiger partial charge in [-0.05, 0) is 62.7 Å². The van der Waals surface area contributed by atoms with Crippen molar-refractivity contribution in [2.75, 3.05) is 12.4 Å². The van der Waals surface area contributed by atoms with Crippen LogP contribution in [0.3, 0.4) is 0 Å². The number of amides is 1. The van der Waals surface area contributed by atoms with Crippen LogP contribution in [0.5, 0.6) is 17.2 Å². The minimum atomic E-state index is -0.588. The lowest BCUT2D eigenvalue weighted by Crippen LogP contribution is -2.14. The van der Waals surface area contributed by atoms with E-state index >= 15 is 0 Å². The number of halogens is 1. The molecular formula is C22H20ClN3O5. The monoisotopic (exact) mass is 441 g/mol. The minimum absolute atomic E-state index is 0.00174. The summed E-state index contributed by atoms with van der Waals surface area (Å²) >= 11 is 5.84. The van der Waals surface area contributed by atoms with Crippen LogP contribution in [0.25, 0.3) is 0 Å². The number of carbonyl (C=O) groups is 1. The fourth-order valence-electron chi connectivity index (χ4n) is 3.13. The van der Waals surface area contributed by atoms with Gasteiger partial charge in [0.25, 0.3) is 5.91 Å². The highest BCUT2D eigenvalue weighted by atomic mass is 35.5. The van der Waals surface area contributed by atoms with Gasteiger partial charge in [0.05, 0.1) is 23.4 Å². The standard InChI is InChI=1S/C22H20ClN3O5/c1-12-9-13(2)24-14(3)21(12)25-22(27)15-5-7-19(20(10-15)30-4)31-18-8-6-16(23)11-17(18)26(28)29/h5-11H,1-4H3,(H,25,27). The molecule has 0 fully saturated rings. The minimum Gasteiger partial charge on any atom is -0.493 e. The van der Waals surface area contributed by atoms with Gasteiger partial charge >= 0.3 is 5.69 Å². The third-order valence-corrected chi connectivity index (χ3v) is 4.76. The number of nitrogens with one attached hydrogen (secondary N) is 1. The lowest BCUT2D eigenvalue weighted by atomic mass is 10.1. The van der Waals surface area contributed by atoms with Gasteiger partial charge in [0.1, 0.15) is 0 Å². The molecule has 0 unspecified atom stereocenters. The van der Waals surface area contributed by atoms with E-state index in [0.29, 0.717) is 16.9 Å². The molecule has 0 aliphatic carbocycles. The first-order valence-corrected chi connectivity index (χ1v) is 9.63. The average molecular weight is 442 g/mol. The molecule has 0 spiro atoms. The zero-order valence-corrected chi connectivity index (χ0v) is 18.1. The molecule has 0 saturated carbocycles. The van der Waals surface area contributed by atoms with Crippen LogP contribution in [-0.2, 0) is 0 Å². The second kappa shape index (κ2) is 9.01. The highest BCUT2D eigenvalue weighted by Crippen LogP contribution is 2.38. The van der Waals surface area contributed by atoms with Crippen molar-refractivity contribution in [1.82, 2.24) is 4.98 Å². The number of hydrogen-bond acceptors (Lipinski definition) is 6. The van der Waals surface area contributed by atoms with Crippen molar-refractivity contribution in [2.24, 2.45) is 0 Å². The van der Waals surface area contributed by atoms with E-state index in [-0.39, 0.29) is 33.9 Å². The topological polar surface area (TPSA) is 104 Å². The summed E-state index contributed by atoms with van der Waals surface area (Å²) < 4.78 is 11.0. The molecule has 0 aliphatic heterocycles. The number of nitro benzene ring substituents is 1. The first-order chi connectivity index (χ1) is 14.7. The van der Waals surface area contributed by atoms with Crippen molar-refractivity contribution in [3.05, 3.63) is 80.1 Å². The van der Waals surface area contributed by atoms with Gasteiger partial charge in [0.2, 0.25) is 5.75 Å². The number of rotatable bonds is 6. The number of nitro groups is 1. The Labute approximate surface area is 183 Å². The van der Waals surface area contributed by atoms with Gasteiger partial charge < -0.3 is 14.8 Å².